The molecule has 0 spiro atoms. The van der Waals surface area contributed by atoms with Gasteiger partial charge in [-0.05, 0) is 12.1 Å². The first-order valence-corrected chi connectivity index (χ1v) is 7.62. The zero-order valence-electron chi connectivity index (χ0n) is 11.5. The van der Waals surface area contributed by atoms with Gasteiger partial charge in [0.15, 0.2) is 17.4 Å². The third-order valence-electron chi connectivity index (χ3n) is 2.41. The van der Waals surface area contributed by atoms with Gasteiger partial charge in [-0.15, -0.1) is 0 Å². The predicted molar refractivity (Wildman–Crippen MR) is 70.5 cm³/mol. The molecule has 6 nitrogen and oxygen atoms in total. The third-order valence-corrected chi connectivity index (χ3v) is 3.30. The topological polar surface area (TPSA) is 87.8 Å². The largest absolute Gasteiger partial charge is 0.488 e. The molecule has 0 atom stereocenters. The van der Waals surface area contributed by atoms with Crippen molar-refractivity contribution in [3.05, 3.63) is 23.8 Å². The van der Waals surface area contributed by atoms with Crippen molar-refractivity contribution in [1.29, 1.82) is 0 Å². The number of methoxy groups -OCH3 is 1. The Balaban J connectivity index is 2.53. The molecule has 120 valence electrons. The van der Waals surface area contributed by atoms with Crippen molar-refractivity contribution < 1.29 is 31.4 Å². The van der Waals surface area contributed by atoms with Crippen LogP contribution in [-0.2, 0) is 19.5 Å². The Morgan fingerprint density at radius 1 is 1.10 bits per heavy atom. The summed E-state index contributed by atoms with van der Waals surface area (Å²) in [5, 5.41) is 4.80. The van der Waals surface area contributed by atoms with E-state index in [1.807, 2.05) is 0 Å². The zero-order chi connectivity index (χ0) is 15.9. The molecule has 0 aliphatic rings. The molecule has 0 fully saturated rings. The SMILES string of the molecule is COCCOCCCOc1c(F)cc(S(N)(=O)=O)cc1F. The first kappa shape index (κ1) is 17.8. The lowest BCUT2D eigenvalue weighted by Crippen LogP contribution is -2.14. The molecular formula is C12H17F2NO5S. The van der Waals surface area contributed by atoms with Gasteiger partial charge < -0.3 is 14.2 Å². The van der Waals surface area contributed by atoms with Gasteiger partial charge in [0.1, 0.15) is 0 Å². The second-order valence-electron chi connectivity index (χ2n) is 4.07. The van der Waals surface area contributed by atoms with Gasteiger partial charge in [-0.25, -0.2) is 22.3 Å². The number of ether oxygens (including phenoxy) is 3. The second-order valence-corrected chi connectivity index (χ2v) is 5.63. The van der Waals surface area contributed by atoms with Crippen LogP contribution in [0.1, 0.15) is 6.42 Å². The van der Waals surface area contributed by atoms with Crippen LogP contribution < -0.4 is 9.88 Å². The fourth-order valence-corrected chi connectivity index (χ4v) is 1.95. The van der Waals surface area contributed by atoms with E-state index >= 15 is 0 Å². The summed E-state index contributed by atoms with van der Waals surface area (Å²) in [6.07, 6.45) is 0.416. The Labute approximate surface area is 121 Å². The normalized spacial score (nSPS) is 11.6. The molecule has 9 heteroatoms. The van der Waals surface area contributed by atoms with Crippen molar-refractivity contribution in [3.63, 3.8) is 0 Å². The summed E-state index contributed by atoms with van der Waals surface area (Å²) in [6.45, 7) is 1.25. The molecule has 0 unspecified atom stereocenters. The van der Waals surface area contributed by atoms with Gasteiger partial charge in [-0.2, -0.15) is 0 Å². The van der Waals surface area contributed by atoms with Crippen LogP contribution in [0.25, 0.3) is 0 Å². The number of hydrogen-bond acceptors (Lipinski definition) is 5. The average Bonchev–Trinajstić information content (AvgIpc) is 2.39. The van der Waals surface area contributed by atoms with Crippen LogP contribution >= 0.6 is 0 Å². The van der Waals surface area contributed by atoms with E-state index in [4.69, 9.17) is 19.3 Å². The molecule has 0 saturated carbocycles. The standard InChI is InChI=1S/C12H17F2NO5S/c1-18-5-6-19-3-2-4-20-12-10(13)7-9(8-11(12)14)21(15,16)17/h7-8H,2-6H2,1H3,(H2,15,16,17). The van der Waals surface area contributed by atoms with Crippen molar-refractivity contribution in [2.24, 2.45) is 5.14 Å². The highest BCUT2D eigenvalue weighted by Crippen LogP contribution is 2.25. The van der Waals surface area contributed by atoms with E-state index in [1.54, 1.807) is 7.11 Å². The minimum absolute atomic E-state index is 0.0234. The van der Waals surface area contributed by atoms with E-state index in [1.165, 1.54) is 0 Å². The first-order valence-electron chi connectivity index (χ1n) is 6.07. The van der Waals surface area contributed by atoms with Crippen LogP contribution in [0.3, 0.4) is 0 Å². The van der Waals surface area contributed by atoms with Crippen molar-refractivity contribution in [2.75, 3.05) is 33.5 Å². The predicted octanol–water partition coefficient (Wildman–Crippen LogP) is 1.04. The van der Waals surface area contributed by atoms with E-state index in [-0.39, 0.29) is 6.61 Å². The van der Waals surface area contributed by atoms with E-state index in [0.717, 1.165) is 0 Å². The van der Waals surface area contributed by atoms with E-state index in [9.17, 15) is 17.2 Å². The van der Waals surface area contributed by atoms with Crippen molar-refractivity contribution in [1.82, 2.24) is 0 Å². The van der Waals surface area contributed by atoms with Crippen molar-refractivity contribution in [3.8, 4) is 5.75 Å². The van der Waals surface area contributed by atoms with Gasteiger partial charge in [0.2, 0.25) is 10.0 Å². The number of nitrogens with two attached hydrogens (primary N) is 1. The van der Waals surface area contributed by atoms with Gasteiger partial charge in [0.05, 0.1) is 24.7 Å². The molecule has 0 saturated heterocycles. The summed E-state index contributed by atoms with van der Waals surface area (Å²) in [5.41, 5.74) is 0. The Bertz CT molecular complexity index is 542. The van der Waals surface area contributed by atoms with E-state index < -0.39 is 32.3 Å². The van der Waals surface area contributed by atoms with Gasteiger partial charge in [-0.1, -0.05) is 0 Å². The van der Waals surface area contributed by atoms with E-state index in [2.05, 4.69) is 0 Å². The zero-order valence-corrected chi connectivity index (χ0v) is 12.3. The maximum atomic E-state index is 13.6. The minimum Gasteiger partial charge on any atom is -0.488 e. The Morgan fingerprint density at radius 2 is 1.71 bits per heavy atom. The highest BCUT2D eigenvalue weighted by molar-refractivity contribution is 7.89. The number of halogens is 2. The van der Waals surface area contributed by atoms with Crippen molar-refractivity contribution >= 4 is 10.0 Å². The molecular weight excluding hydrogens is 308 g/mol. The Morgan fingerprint density at radius 3 is 2.24 bits per heavy atom. The van der Waals surface area contributed by atoms with Gasteiger partial charge in [0, 0.05) is 20.1 Å². The highest BCUT2D eigenvalue weighted by Gasteiger charge is 2.17. The van der Waals surface area contributed by atoms with Gasteiger partial charge in [-0.3, -0.25) is 0 Å². The van der Waals surface area contributed by atoms with Crippen LogP contribution in [-0.4, -0.2) is 42.0 Å². The number of hydrogen-bond donors (Lipinski definition) is 1. The van der Waals surface area contributed by atoms with Gasteiger partial charge >= 0.3 is 0 Å². The molecule has 1 rings (SSSR count). The Hall–Kier alpha value is -1.29. The first-order chi connectivity index (χ1) is 9.86. The quantitative estimate of drug-likeness (QED) is 0.686. The Kier molecular flexibility index (Phi) is 6.96. The van der Waals surface area contributed by atoms with Crippen LogP contribution in [0.4, 0.5) is 8.78 Å². The molecule has 0 aliphatic carbocycles. The maximum absolute atomic E-state index is 13.6. The van der Waals surface area contributed by atoms with Gasteiger partial charge in [0.25, 0.3) is 0 Å². The third kappa shape index (κ3) is 5.92. The second kappa shape index (κ2) is 8.23. The highest BCUT2D eigenvalue weighted by atomic mass is 32.2. The summed E-state index contributed by atoms with van der Waals surface area (Å²) in [6, 6.07) is 1.23. The summed E-state index contributed by atoms with van der Waals surface area (Å²) in [4.78, 5) is -0.646. The molecule has 1 aromatic rings. The number of rotatable bonds is 9. The summed E-state index contributed by atoms with van der Waals surface area (Å²) < 4.78 is 64.1. The fraction of sp³-hybridized carbons (Fsp3) is 0.500. The number of benzene rings is 1. The van der Waals surface area contributed by atoms with Crippen LogP contribution in [0.2, 0.25) is 0 Å². The lowest BCUT2D eigenvalue weighted by molar-refractivity contribution is 0.0640. The van der Waals surface area contributed by atoms with Crippen molar-refractivity contribution in [2.45, 2.75) is 11.3 Å². The summed E-state index contributed by atoms with van der Waals surface area (Å²) >= 11 is 0. The smallest absolute Gasteiger partial charge is 0.238 e. The van der Waals surface area contributed by atoms with Crippen LogP contribution in [0.15, 0.2) is 17.0 Å². The molecule has 0 aromatic heterocycles. The molecule has 2 N–H and O–H groups in total. The lowest BCUT2D eigenvalue weighted by atomic mass is 10.3. The lowest BCUT2D eigenvalue weighted by Gasteiger charge is -2.10. The minimum atomic E-state index is -4.17. The van der Waals surface area contributed by atoms with E-state index in [0.29, 0.717) is 38.4 Å². The molecule has 0 amide bonds. The molecule has 0 bridgehead atoms. The monoisotopic (exact) mass is 325 g/mol. The summed E-state index contributed by atoms with van der Waals surface area (Å²) in [5.74, 6) is -2.89. The average molecular weight is 325 g/mol. The number of sulfonamides is 1. The molecule has 21 heavy (non-hydrogen) atoms. The van der Waals surface area contributed by atoms with Crippen LogP contribution in [0.5, 0.6) is 5.75 Å². The molecule has 0 aliphatic heterocycles. The summed E-state index contributed by atoms with van der Waals surface area (Å²) in [7, 11) is -2.63. The fourth-order valence-electron chi connectivity index (χ4n) is 1.42. The maximum Gasteiger partial charge on any atom is 0.238 e. The molecule has 0 heterocycles. The van der Waals surface area contributed by atoms with Crippen LogP contribution in [0, 0.1) is 11.6 Å². The number of primary sulfonamides is 1. The molecule has 0 radical (unpaired) electrons. The molecule has 1 aromatic carbocycles.